The van der Waals surface area contributed by atoms with Crippen molar-refractivity contribution in [1.29, 1.82) is 0 Å². The Hall–Kier alpha value is -0.640. The van der Waals surface area contributed by atoms with Gasteiger partial charge in [-0.3, -0.25) is 4.79 Å². The lowest BCUT2D eigenvalue weighted by Crippen LogP contribution is -2.57. The first-order valence-electron chi connectivity index (χ1n) is 7.38. The molecule has 1 rings (SSSR count). The van der Waals surface area contributed by atoms with Gasteiger partial charge in [-0.05, 0) is 38.5 Å². The van der Waals surface area contributed by atoms with Gasteiger partial charge in [-0.15, -0.1) is 0 Å². The minimum Gasteiger partial charge on any atom is -0.391 e. The van der Waals surface area contributed by atoms with Gasteiger partial charge in [0.1, 0.15) is 0 Å². The van der Waals surface area contributed by atoms with Gasteiger partial charge in [-0.25, -0.2) is 0 Å². The average Bonchev–Trinajstić information content (AvgIpc) is 2.77. The summed E-state index contributed by atoms with van der Waals surface area (Å²) in [6, 6.07) is 0. The van der Waals surface area contributed by atoms with Crippen LogP contribution >= 0.6 is 12.2 Å². The molecular formula is C15H28N2OS. The number of hydrogen-bond donors (Lipinski definition) is 2. The fourth-order valence-electron chi connectivity index (χ4n) is 3.06. The van der Waals surface area contributed by atoms with Crippen molar-refractivity contribution < 1.29 is 4.79 Å². The number of nitrogens with two attached hydrogens (primary N) is 1. The van der Waals surface area contributed by atoms with Crippen molar-refractivity contribution in [3.05, 3.63) is 0 Å². The number of hydrogen-bond acceptors (Lipinski definition) is 2. The van der Waals surface area contributed by atoms with Crippen molar-refractivity contribution >= 4 is 23.1 Å². The molecule has 3 N–H and O–H groups in total. The molecule has 1 atom stereocenters. The maximum absolute atomic E-state index is 12.8. The molecule has 0 bridgehead atoms. The van der Waals surface area contributed by atoms with Crippen LogP contribution in [0.1, 0.15) is 66.2 Å². The molecular weight excluding hydrogens is 256 g/mol. The molecule has 1 fully saturated rings. The second-order valence-corrected chi connectivity index (χ2v) is 7.03. The molecule has 1 saturated carbocycles. The van der Waals surface area contributed by atoms with Crippen molar-refractivity contribution in [3.63, 3.8) is 0 Å². The van der Waals surface area contributed by atoms with Gasteiger partial charge in [0.05, 0.1) is 10.5 Å². The Morgan fingerprint density at radius 2 is 1.95 bits per heavy atom. The fraction of sp³-hybridized carbons (Fsp3) is 0.867. The zero-order chi connectivity index (χ0) is 14.7. The molecule has 1 aliphatic carbocycles. The van der Waals surface area contributed by atoms with Crippen LogP contribution in [0, 0.1) is 11.3 Å². The summed E-state index contributed by atoms with van der Waals surface area (Å²) >= 11 is 5.11. The molecule has 1 unspecified atom stereocenters. The number of carbonyl (C=O) groups excluding carboxylic acids is 1. The standard InChI is InChI=1S/C15H28N2OS/c1-5-14(4,12(16)19)17-13(18)15(10-11(2)3)8-6-7-9-15/h11H,5-10H2,1-4H3,(H2,16,19)(H,17,18). The van der Waals surface area contributed by atoms with Crippen LogP contribution < -0.4 is 11.1 Å². The molecule has 0 heterocycles. The van der Waals surface area contributed by atoms with E-state index in [1.54, 1.807) is 0 Å². The molecule has 0 aromatic heterocycles. The maximum atomic E-state index is 12.8. The van der Waals surface area contributed by atoms with Crippen LogP contribution in [0.2, 0.25) is 0 Å². The monoisotopic (exact) mass is 284 g/mol. The SMILES string of the molecule is CCC(C)(NC(=O)C1(CC(C)C)CCCC1)C(N)=S. The third-order valence-electron chi connectivity index (χ3n) is 4.48. The average molecular weight is 284 g/mol. The van der Waals surface area contributed by atoms with Crippen LogP contribution in [0.15, 0.2) is 0 Å². The molecule has 0 aliphatic heterocycles. The number of nitrogens with one attached hydrogen (secondary N) is 1. The van der Waals surface area contributed by atoms with Crippen LogP contribution in [0.3, 0.4) is 0 Å². The quantitative estimate of drug-likeness (QED) is 0.737. The Morgan fingerprint density at radius 3 is 2.32 bits per heavy atom. The molecule has 0 saturated heterocycles. The lowest BCUT2D eigenvalue weighted by atomic mass is 9.77. The summed E-state index contributed by atoms with van der Waals surface area (Å²) in [4.78, 5) is 13.1. The lowest BCUT2D eigenvalue weighted by molar-refractivity contribution is -0.133. The van der Waals surface area contributed by atoms with Crippen molar-refractivity contribution in [2.45, 2.75) is 71.8 Å². The number of rotatable bonds is 6. The molecule has 0 aromatic carbocycles. The first-order valence-corrected chi connectivity index (χ1v) is 7.79. The van der Waals surface area contributed by atoms with E-state index in [4.69, 9.17) is 18.0 Å². The van der Waals surface area contributed by atoms with Gasteiger partial charge in [0, 0.05) is 5.41 Å². The van der Waals surface area contributed by atoms with Gasteiger partial charge in [-0.2, -0.15) is 0 Å². The molecule has 3 nitrogen and oxygen atoms in total. The van der Waals surface area contributed by atoms with E-state index in [-0.39, 0.29) is 11.3 Å². The van der Waals surface area contributed by atoms with Crippen molar-refractivity contribution in [1.82, 2.24) is 5.32 Å². The Bertz CT molecular complexity index is 348. The Kier molecular flexibility index (Phi) is 5.36. The van der Waals surface area contributed by atoms with E-state index in [1.807, 2.05) is 13.8 Å². The van der Waals surface area contributed by atoms with E-state index in [0.717, 1.165) is 38.5 Å². The third kappa shape index (κ3) is 3.68. The van der Waals surface area contributed by atoms with Gasteiger partial charge < -0.3 is 11.1 Å². The van der Waals surface area contributed by atoms with E-state index in [9.17, 15) is 4.79 Å². The smallest absolute Gasteiger partial charge is 0.226 e. The van der Waals surface area contributed by atoms with Crippen LogP contribution in [-0.2, 0) is 4.79 Å². The van der Waals surface area contributed by atoms with Gasteiger partial charge in [0.25, 0.3) is 0 Å². The van der Waals surface area contributed by atoms with E-state index < -0.39 is 5.54 Å². The molecule has 0 aromatic rings. The Labute approximate surface area is 122 Å². The minimum atomic E-state index is -0.557. The summed E-state index contributed by atoms with van der Waals surface area (Å²) in [6.07, 6.45) is 5.97. The minimum absolute atomic E-state index is 0.149. The van der Waals surface area contributed by atoms with Crippen LogP contribution in [0.5, 0.6) is 0 Å². The van der Waals surface area contributed by atoms with Crippen LogP contribution in [0.4, 0.5) is 0 Å². The van der Waals surface area contributed by atoms with Crippen LogP contribution in [-0.4, -0.2) is 16.4 Å². The van der Waals surface area contributed by atoms with E-state index >= 15 is 0 Å². The van der Waals surface area contributed by atoms with Gasteiger partial charge in [-0.1, -0.05) is 45.8 Å². The molecule has 4 heteroatoms. The number of amides is 1. The predicted octanol–water partition coefficient (Wildman–Crippen LogP) is 3.16. The van der Waals surface area contributed by atoms with E-state index in [0.29, 0.717) is 10.9 Å². The molecule has 0 radical (unpaired) electrons. The summed E-state index contributed by atoms with van der Waals surface area (Å²) in [5, 5.41) is 3.13. The highest BCUT2D eigenvalue weighted by Gasteiger charge is 2.43. The molecule has 0 spiro atoms. The summed E-state index contributed by atoms with van der Waals surface area (Å²) in [5.74, 6) is 0.678. The highest BCUT2D eigenvalue weighted by Crippen LogP contribution is 2.43. The zero-order valence-electron chi connectivity index (χ0n) is 12.7. The van der Waals surface area contributed by atoms with E-state index in [1.165, 1.54) is 0 Å². The molecule has 1 aliphatic rings. The fourth-order valence-corrected chi connectivity index (χ4v) is 3.26. The second kappa shape index (κ2) is 6.21. The molecule has 110 valence electrons. The maximum Gasteiger partial charge on any atom is 0.226 e. The highest BCUT2D eigenvalue weighted by atomic mass is 32.1. The highest BCUT2D eigenvalue weighted by molar-refractivity contribution is 7.80. The van der Waals surface area contributed by atoms with Crippen molar-refractivity contribution in [2.24, 2.45) is 17.1 Å². The summed E-state index contributed by atoms with van der Waals surface area (Å²) in [5.41, 5.74) is 5.03. The van der Waals surface area contributed by atoms with Gasteiger partial charge >= 0.3 is 0 Å². The van der Waals surface area contributed by atoms with Crippen molar-refractivity contribution in [2.75, 3.05) is 0 Å². The Balaban J connectivity index is 2.86. The largest absolute Gasteiger partial charge is 0.391 e. The first kappa shape index (κ1) is 16.4. The first-order chi connectivity index (χ1) is 8.76. The predicted molar refractivity (Wildman–Crippen MR) is 84.0 cm³/mol. The van der Waals surface area contributed by atoms with Crippen LogP contribution in [0.25, 0.3) is 0 Å². The Morgan fingerprint density at radius 1 is 1.42 bits per heavy atom. The molecule has 19 heavy (non-hydrogen) atoms. The number of thiocarbonyl (C=S) groups is 1. The van der Waals surface area contributed by atoms with Crippen molar-refractivity contribution in [3.8, 4) is 0 Å². The topological polar surface area (TPSA) is 55.1 Å². The zero-order valence-corrected chi connectivity index (χ0v) is 13.5. The number of carbonyl (C=O) groups is 1. The normalized spacial score (nSPS) is 21.1. The summed E-state index contributed by atoms with van der Waals surface area (Å²) in [7, 11) is 0. The lowest BCUT2D eigenvalue weighted by Gasteiger charge is -2.36. The molecule has 1 amide bonds. The summed E-state index contributed by atoms with van der Waals surface area (Å²) < 4.78 is 0. The third-order valence-corrected chi connectivity index (χ3v) is 4.93. The van der Waals surface area contributed by atoms with E-state index in [2.05, 4.69) is 19.2 Å². The summed E-state index contributed by atoms with van der Waals surface area (Å²) in [6.45, 7) is 8.29. The van der Waals surface area contributed by atoms with Gasteiger partial charge in [0.2, 0.25) is 5.91 Å². The van der Waals surface area contributed by atoms with Gasteiger partial charge in [0.15, 0.2) is 0 Å². The second-order valence-electron chi connectivity index (χ2n) is 6.59.